The topological polar surface area (TPSA) is 67.9 Å². The van der Waals surface area contributed by atoms with E-state index in [2.05, 4.69) is 5.32 Å². The highest BCUT2D eigenvalue weighted by Gasteiger charge is 2.27. The second-order valence-electron chi connectivity index (χ2n) is 4.98. The van der Waals surface area contributed by atoms with Crippen LogP contribution in [-0.2, 0) is 9.59 Å². The Kier molecular flexibility index (Phi) is 5.04. The van der Waals surface area contributed by atoms with E-state index in [4.69, 9.17) is 9.47 Å². The largest absolute Gasteiger partial charge is 0.497 e. The van der Waals surface area contributed by atoms with Crippen LogP contribution < -0.4 is 14.8 Å². The molecule has 0 aliphatic carbocycles. The Balaban J connectivity index is 2.13. The van der Waals surface area contributed by atoms with Crippen LogP contribution in [0, 0.1) is 0 Å². The first-order valence-corrected chi connectivity index (χ1v) is 7.04. The number of rotatable bonds is 4. The van der Waals surface area contributed by atoms with Gasteiger partial charge in [0.15, 0.2) is 0 Å². The van der Waals surface area contributed by atoms with Gasteiger partial charge in [-0.3, -0.25) is 9.59 Å². The lowest BCUT2D eigenvalue weighted by atomic mass is 10.1. The van der Waals surface area contributed by atoms with Gasteiger partial charge in [-0.15, -0.1) is 0 Å². The van der Waals surface area contributed by atoms with Crippen LogP contribution in [0.2, 0.25) is 0 Å². The fourth-order valence-corrected chi connectivity index (χ4v) is 2.27. The van der Waals surface area contributed by atoms with Gasteiger partial charge in [0.2, 0.25) is 11.8 Å². The van der Waals surface area contributed by atoms with Crippen LogP contribution in [0.15, 0.2) is 24.3 Å². The van der Waals surface area contributed by atoms with Crippen molar-refractivity contribution in [1.82, 2.24) is 10.2 Å². The molecule has 1 N–H and O–H groups in total. The number of ether oxygens (including phenoxy) is 2. The number of amides is 2. The van der Waals surface area contributed by atoms with Crippen LogP contribution in [0.3, 0.4) is 0 Å². The number of benzene rings is 1. The molecule has 1 atom stereocenters. The first kappa shape index (κ1) is 15.9. The third-order valence-corrected chi connectivity index (χ3v) is 3.57. The molecule has 0 radical (unpaired) electrons. The predicted octanol–water partition coefficient (Wildman–Crippen LogP) is 1.06. The highest BCUT2D eigenvalue weighted by Crippen LogP contribution is 2.23. The van der Waals surface area contributed by atoms with Crippen LogP contribution in [0.1, 0.15) is 12.5 Å². The van der Waals surface area contributed by atoms with Crippen molar-refractivity contribution in [3.63, 3.8) is 0 Å². The Labute approximate surface area is 129 Å². The van der Waals surface area contributed by atoms with Crippen molar-refractivity contribution in [1.29, 1.82) is 0 Å². The second kappa shape index (κ2) is 6.98. The van der Waals surface area contributed by atoms with Crippen molar-refractivity contribution in [2.24, 2.45) is 0 Å². The van der Waals surface area contributed by atoms with Crippen LogP contribution >= 0.6 is 0 Å². The van der Waals surface area contributed by atoms with Gasteiger partial charge < -0.3 is 19.7 Å². The van der Waals surface area contributed by atoms with Crippen molar-refractivity contribution in [3.8, 4) is 11.5 Å². The lowest BCUT2D eigenvalue weighted by Gasteiger charge is -2.31. The summed E-state index contributed by atoms with van der Waals surface area (Å²) in [5, 5.41) is 2.73. The van der Waals surface area contributed by atoms with Crippen molar-refractivity contribution < 1.29 is 19.1 Å². The second-order valence-corrected chi connectivity index (χ2v) is 4.98. The van der Waals surface area contributed by atoms with Gasteiger partial charge in [-0.25, -0.2) is 0 Å². The number of carbonyl (C=O) groups is 2. The first-order valence-electron chi connectivity index (χ1n) is 7.04. The predicted molar refractivity (Wildman–Crippen MR) is 82.8 cm³/mol. The summed E-state index contributed by atoms with van der Waals surface area (Å²) in [5.41, 5.74) is 0.790. The van der Waals surface area contributed by atoms with Crippen LogP contribution in [0.25, 0.3) is 6.08 Å². The average Bonchev–Trinajstić information content (AvgIpc) is 2.54. The molecule has 22 heavy (non-hydrogen) atoms. The monoisotopic (exact) mass is 304 g/mol. The summed E-state index contributed by atoms with van der Waals surface area (Å²) in [6.45, 7) is 2.71. The molecule has 1 heterocycles. The molecule has 0 spiro atoms. The van der Waals surface area contributed by atoms with Gasteiger partial charge in [-0.05, 0) is 30.7 Å². The molecule has 6 nitrogen and oxygen atoms in total. The lowest BCUT2D eigenvalue weighted by Crippen LogP contribution is -2.55. The Morgan fingerprint density at radius 3 is 2.50 bits per heavy atom. The molecule has 1 aliphatic heterocycles. The van der Waals surface area contributed by atoms with E-state index in [1.54, 1.807) is 50.3 Å². The molecule has 2 rings (SSSR count). The Morgan fingerprint density at radius 2 is 1.91 bits per heavy atom. The molecule has 6 heteroatoms. The zero-order valence-electron chi connectivity index (χ0n) is 13.0. The SMILES string of the molecule is COc1cc(/C=C/C(=O)N2CCNC(=O)C2C)cc(OC)c1. The molecule has 1 aromatic carbocycles. The molecule has 1 fully saturated rings. The number of carbonyl (C=O) groups excluding carboxylic acids is 2. The fraction of sp³-hybridized carbons (Fsp3) is 0.375. The first-order chi connectivity index (χ1) is 10.5. The molecule has 1 saturated heterocycles. The van der Waals surface area contributed by atoms with E-state index in [-0.39, 0.29) is 11.8 Å². The molecule has 0 saturated carbocycles. The minimum absolute atomic E-state index is 0.129. The van der Waals surface area contributed by atoms with Gasteiger partial charge in [-0.1, -0.05) is 0 Å². The van der Waals surface area contributed by atoms with Gasteiger partial charge in [0.1, 0.15) is 17.5 Å². The van der Waals surface area contributed by atoms with E-state index in [9.17, 15) is 9.59 Å². The van der Waals surface area contributed by atoms with E-state index in [1.165, 1.54) is 6.08 Å². The van der Waals surface area contributed by atoms with E-state index in [0.717, 1.165) is 5.56 Å². The van der Waals surface area contributed by atoms with E-state index < -0.39 is 6.04 Å². The molecule has 0 bridgehead atoms. The van der Waals surface area contributed by atoms with Gasteiger partial charge in [0, 0.05) is 25.2 Å². The Bertz CT molecular complexity index is 576. The summed E-state index contributed by atoms with van der Waals surface area (Å²) in [4.78, 5) is 25.4. The average molecular weight is 304 g/mol. The van der Waals surface area contributed by atoms with Crippen LogP contribution in [-0.4, -0.2) is 50.1 Å². The summed E-state index contributed by atoms with van der Waals surface area (Å²) in [7, 11) is 3.14. The fourth-order valence-electron chi connectivity index (χ4n) is 2.27. The molecule has 1 unspecified atom stereocenters. The molecular weight excluding hydrogens is 284 g/mol. The maximum absolute atomic E-state index is 12.2. The molecule has 118 valence electrons. The molecule has 2 amide bonds. The highest BCUT2D eigenvalue weighted by atomic mass is 16.5. The van der Waals surface area contributed by atoms with Crippen molar-refractivity contribution in [2.75, 3.05) is 27.3 Å². The minimum atomic E-state index is -0.453. The van der Waals surface area contributed by atoms with Gasteiger partial charge in [0.25, 0.3) is 0 Å². The van der Waals surface area contributed by atoms with Crippen LogP contribution in [0.5, 0.6) is 11.5 Å². The Hall–Kier alpha value is -2.50. The minimum Gasteiger partial charge on any atom is -0.497 e. The maximum Gasteiger partial charge on any atom is 0.247 e. The summed E-state index contributed by atoms with van der Waals surface area (Å²) < 4.78 is 10.4. The van der Waals surface area contributed by atoms with Gasteiger partial charge >= 0.3 is 0 Å². The molecule has 0 aromatic heterocycles. The number of hydrogen-bond acceptors (Lipinski definition) is 4. The van der Waals surface area contributed by atoms with E-state index >= 15 is 0 Å². The number of hydrogen-bond donors (Lipinski definition) is 1. The summed E-state index contributed by atoms with van der Waals surface area (Å²) >= 11 is 0. The summed E-state index contributed by atoms with van der Waals surface area (Å²) in [6, 6.07) is 4.92. The molecular formula is C16H20N2O4. The number of nitrogens with zero attached hydrogens (tertiary/aromatic N) is 1. The molecule has 1 aliphatic rings. The maximum atomic E-state index is 12.2. The molecule has 1 aromatic rings. The standard InChI is InChI=1S/C16H20N2O4/c1-11-16(20)17-6-7-18(11)15(19)5-4-12-8-13(21-2)10-14(9-12)22-3/h4-5,8-11H,6-7H2,1-3H3,(H,17,20)/b5-4+. The number of piperazine rings is 1. The van der Waals surface area contributed by atoms with E-state index in [0.29, 0.717) is 24.6 Å². The van der Waals surface area contributed by atoms with Crippen molar-refractivity contribution >= 4 is 17.9 Å². The van der Waals surface area contributed by atoms with Crippen molar-refractivity contribution in [2.45, 2.75) is 13.0 Å². The zero-order chi connectivity index (χ0) is 16.1. The van der Waals surface area contributed by atoms with Crippen LogP contribution in [0.4, 0.5) is 0 Å². The summed E-state index contributed by atoms with van der Waals surface area (Å²) in [6.07, 6.45) is 3.15. The number of nitrogens with one attached hydrogen (secondary N) is 1. The lowest BCUT2D eigenvalue weighted by molar-refractivity contribution is -0.139. The number of methoxy groups -OCH3 is 2. The third-order valence-electron chi connectivity index (χ3n) is 3.57. The zero-order valence-corrected chi connectivity index (χ0v) is 13.0. The van der Waals surface area contributed by atoms with Gasteiger partial charge in [0.05, 0.1) is 14.2 Å². The van der Waals surface area contributed by atoms with Gasteiger partial charge in [-0.2, -0.15) is 0 Å². The normalized spacial score (nSPS) is 18.2. The quantitative estimate of drug-likeness (QED) is 0.845. The highest BCUT2D eigenvalue weighted by molar-refractivity contribution is 5.96. The van der Waals surface area contributed by atoms with E-state index in [1.807, 2.05) is 0 Å². The van der Waals surface area contributed by atoms with Crippen molar-refractivity contribution in [3.05, 3.63) is 29.8 Å². The smallest absolute Gasteiger partial charge is 0.247 e. The third kappa shape index (κ3) is 3.58. The summed E-state index contributed by atoms with van der Waals surface area (Å²) in [5.74, 6) is 0.981. The Morgan fingerprint density at radius 1 is 1.27 bits per heavy atom.